The third-order valence-corrected chi connectivity index (χ3v) is 4.90. The van der Waals surface area contributed by atoms with Crippen molar-refractivity contribution >= 4 is 13.5 Å². The van der Waals surface area contributed by atoms with Crippen LogP contribution in [-0.2, 0) is 21.1 Å². The van der Waals surface area contributed by atoms with Crippen LogP contribution in [0.15, 0.2) is 54.9 Å². The Morgan fingerprint density at radius 1 is 1.27 bits per heavy atom. The van der Waals surface area contributed by atoms with Gasteiger partial charge in [0.25, 0.3) is 7.52 Å². The summed E-state index contributed by atoms with van der Waals surface area (Å²) in [5, 5.41) is 11.9. The maximum Gasteiger partial charge on any atom is 0.328 e. The summed E-state index contributed by atoms with van der Waals surface area (Å²) in [6.45, 7) is 1.35. The molecular weight excluding hydrogens is 303 g/mol. The van der Waals surface area contributed by atoms with Gasteiger partial charge in [-0.05, 0) is 18.6 Å². The zero-order valence-electron chi connectivity index (χ0n) is 12.0. The zero-order valence-corrected chi connectivity index (χ0v) is 12.9. The van der Waals surface area contributed by atoms with Crippen molar-refractivity contribution in [1.82, 2.24) is 10.1 Å². The summed E-state index contributed by atoms with van der Waals surface area (Å²) in [5.41, 5.74) is -0.738. The van der Waals surface area contributed by atoms with E-state index in [-0.39, 0.29) is 6.16 Å². The van der Waals surface area contributed by atoms with Crippen LogP contribution in [0.2, 0.25) is 0 Å². The molecule has 2 aromatic rings. The molecule has 0 radical (unpaired) electrons. The molecule has 1 aromatic carbocycles. The highest BCUT2D eigenvalue weighted by molar-refractivity contribution is 7.55. The van der Waals surface area contributed by atoms with Gasteiger partial charge in [0.15, 0.2) is 0 Å². The molecule has 0 aliphatic heterocycles. The SMILES string of the molecule is CC(NP(=O)(O)Cc1ccccc1)(C(=O)O)c1cccnc1. The molecule has 1 heterocycles. The van der Waals surface area contributed by atoms with Gasteiger partial charge in [-0.25, -0.2) is 9.88 Å². The molecule has 22 heavy (non-hydrogen) atoms. The molecule has 3 N–H and O–H groups in total. The van der Waals surface area contributed by atoms with E-state index in [2.05, 4.69) is 10.1 Å². The molecule has 7 heteroatoms. The van der Waals surface area contributed by atoms with Crippen molar-refractivity contribution in [2.45, 2.75) is 18.6 Å². The van der Waals surface area contributed by atoms with E-state index in [4.69, 9.17) is 0 Å². The van der Waals surface area contributed by atoms with Crippen molar-refractivity contribution in [1.29, 1.82) is 0 Å². The topological polar surface area (TPSA) is 99.5 Å². The number of hydrogen-bond donors (Lipinski definition) is 3. The van der Waals surface area contributed by atoms with Gasteiger partial charge < -0.3 is 10.00 Å². The fraction of sp³-hybridized carbons (Fsp3) is 0.200. The van der Waals surface area contributed by atoms with E-state index in [0.717, 1.165) is 0 Å². The standard InChI is InChI=1S/C15H17N2O4P/c1-15(14(18)19,13-8-5-9-16-10-13)17-22(20,21)11-12-6-3-2-4-7-12/h2-10H,11H2,1H3,(H,18,19)(H2,17,20,21). The molecule has 0 spiro atoms. The number of nitrogens with zero attached hydrogens (tertiary/aromatic N) is 1. The molecule has 1 aromatic heterocycles. The van der Waals surface area contributed by atoms with Crippen LogP contribution in [0.1, 0.15) is 18.1 Å². The average molecular weight is 320 g/mol. The van der Waals surface area contributed by atoms with Crippen LogP contribution in [0.3, 0.4) is 0 Å². The molecule has 0 fully saturated rings. The smallest absolute Gasteiger partial charge is 0.328 e. The zero-order chi connectivity index (χ0) is 16.2. The van der Waals surface area contributed by atoms with Crippen molar-refractivity contribution in [2.24, 2.45) is 0 Å². The molecule has 116 valence electrons. The van der Waals surface area contributed by atoms with Gasteiger partial charge in [-0.2, -0.15) is 0 Å². The number of pyridine rings is 1. The largest absolute Gasteiger partial charge is 0.480 e. The third kappa shape index (κ3) is 3.80. The maximum atomic E-state index is 12.4. The summed E-state index contributed by atoms with van der Waals surface area (Å²) < 4.78 is 12.4. The van der Waals surface area contributed by atoms with Gasteiger partial charge in [0.2, 0.25) is 0 Å². The molecule has 0 aliphatic carbocycles. The van der Waals surface area contributed by atoms with Gasteiger partial charge in [0.05, 0.1) is 6.16 Å². The van der Waals surface area contributed by atoms with Gasteiger partial charge >= 0.3 is 5.97 Å². The van der Waals surface area contributed by atoms with Crippen LogP contribution in [0.25, 0.3) is 0 Å². The van der Waals surface area contributed by atoms with E-state index < -0.39 is 19.0 Å². The van der Waals surface area contributed by atoms with E-state index in [0.29, 0.717) is 11.1 Å². The molecule has 0 saturated heterocycles. The second-order valence-electron chi connectivity index (χ2n) is 5.13. The Balaban J connectivity index is 2.28. The van der Waals surface area contributed by atoms with E-state index in [9.17, 15) is 19.4 Å². The number of carboxylic acids is 1. The third-order valence-electron chi connectivity index (χ3n) is 3.30. The van der Waals surface area contributed by atoms with Crippen molar-refractivity contribution < 1.29 is 19.4 Å². The monoisotopic (exact) mass is 320 g/mol. The first-order chi connectivity index (χ1) is 10.3. The fourth-order valence-corrected chi connectivity index (χ4v) is 3.82. The van der Waals surface area contributed by atoms with Crippen LogP contribution < -0.4 is 5.09 Å². The quantitative estimate of drug-likeness (QED) is 0.707. The van der Waals surface area contributed by atoms with Gasteiger partial charge in [0.1, 0.15) is 5.54 Å². The Morgan fingerprint density at radius 3 is 2.50 bits per heavy atom. The summed E-state index contributed by atoms with van der Waals surface area (Å²) in [7, 11) is -3.91. The predicted octanol–water partition coefficient (Wildman–Crippen LogP) is 2.36. The molecule has 0 amide bonds. The van der Waals surface area contributed by atoms with E-state index in [1.807, 2.05) is 0 Å². The number of nitrogens with one attached hydrogen (secondary N) is 1. The Hall–Kier alpha value is -2.01. The average Bonchev–Trinajstić information content (AvgIpc) is 2.48. The molecular formula is C15H17N2O4P. The number of aromatic nitrogens is 1. The van der Waals surface area contributed by atoms with Crippen LogP contribution in [-0.4, -0.2) is 21.0 Å². The normalized spacial score (nSPS) is 16.5. The second-order valence-corrected chi connectivity index (χ2v) is 7.07. The molecule has 0 bridgehead atoms. The lowest BCUT2D eigenvalue weighted by Gasteiger charge is -2.29. The molecule has 0 saturated carbocycles. The maximum absolute atomic E-state index is 12.4. The first-order valence-electron chi connectivity index (χ1n) is 6.62. The summed E-state index contributed by atoms with van der Waals surface area (Å²) in [5.74, 6) is -1.25. The van der Waals surface area contributed by atoms with Crippen LogP contribution in [0.4, 0.5) is 0 Å². The van der Waals surface area contributed by atoms with Gasteiger partial charge in [-0.3, -0.25) is 9.55 Å². The van der Waals surface area contributed by atoms with E-state index in [1.165, 1.54) is 19.3 Å². The summed E-state index contributed by atoms with van der Waals surface area (Å²) in [6.07, 6.45) is 2.72. The minimum Gasteiger partial charge on any atom is -0.480 e. The Labute approximate surface area is 128 Å². The number of carboxylic acid groups (broad SMARTS) is 1. The van der Waals surface area contributed by atoms with Crippen molar-refractivity contribution in [2.75, 3.05) is 0 Å². The minimum absolute atomic E-state index is 0.156. The summed E-state index contributed by atoms with van der Waals surface area (Å²) in [4.78, 5) is 25.7. The highest BCUT2D eigenvalue weighted by atomic mass is 31.2. The van der Waals surface area contributed by atoms with Gasteiger partial charge in [-0.15, -0.1) is 0 Å². The van der Waals surface area contributed by atoms with Gasteiger partial charge in [-0.1, -0.05) is 36.4 Å². The molecule has 2 rings (SSSR count). The fourth-order valence-electron chi connectivity index (χ4n) is 2.11. The number of benzene rings is 1. The lowest BCUT2D eigenvalue weighted by atomic mass is 9.95. The minimum atomic E-state index is -3.91. The van der Waals surface area contributed by atoms with E-state index >= 15 is 0 Å². The number of rotatable bonds is 6. The second kappa shape index (κ2) is 6.40. The van der Waals surface area contributed by atoms with Crippen LogP contribution in [0, 0.1) is 0 Å². The van der Waals surface area contributed by atoms with E-state index in [1.54, 1.807) is 42.5 Å². The number of hydrogen-bond acceptors (Lipinski definition) is 3. The highest BCUT2D eigenvalue weighted by Gasteiger charge is 2.41. The Kier molecular flexibility index (Phi) is 4.76. The lowest BCUT2D eigenvalue weighted by Crippen LogP contribution is -2.45. The van der Waals surface area contributed by atoms with Crippen molar-refractivity contribution in [3.05, 3.63) is 66.0 Å². The molecule has 0 aliphatic rings. The number of aliphatic carboxylic acids is 1. The first kappa shape index (κ1) is 16.4. The Morgan fingerprint density at radius 2 is 1.95 bits per heavy atom. The summed E-state index contributed by atoms with van der Waals surface area (Å²) >= 11 is 0. The van der Waals surface area contributed by atoms with Gasteiger partial charge in [0, 0.05) is 18.0 Å². The Bertz CT molecular complexity index is 693. The molecule has 2 atom stereocenters. The van der Waals surface area contributed by atoms with Crippen molar-refractivity contribution in [3.8, 4) is 0 Å². The predicted molar refractivity (Wildman–Crippen MR) is 82.3 cm³/mol. The van der Waals surface area contributed by atoms with Crippen LogP contribution >= 0.6 is 7.52 Å². The molecule has 2 unspecified atom stereocenters. The molecule has 6 nitrogen and oxygen atoms in total. The van der Waals surface area contributed by atoms with Crippen molar-refractivity contribution in [3.63, 3.8) is 0 Å². The first-order valence-corrected chi connectivity index (χ1v) is 8.47. The van der Waals surface area contributed by atoms with Crippen LogP contribution in [0.5, 0.6) is 0 Å². The summed E-state index contributed by atoms with van der Waals surface area (Å²) in [6, 6.07) is 11.9. The lowest BCUT2D eigenvalue weighted by molar-refractivity contribution is -0.143. The highest BCUT2D eigenvalue weighted by Crippen LogP contribution is 2.44. The number of carbonyl (C=O) groups is 1.